The minimum Gasteiger partial charge on any atom is -0.508 e. The second-order valence-electron chi connectivity index (χ2n) is 3.12. The predicted molar refractivity (Wildman–Crippen MR) is 68.5 cm³/mol. The SMILES string of the molecule is NCl.O=C1C=CC(=Nc2ccc(O)cc2)C=C1. The normalized spacial score (nSPS) is 13.1. The van der Waals surface area contributed by atoms with Gasteiger partial charge in [0.05, 0.1) is 11.4 Å². The Bertz CT molecular complexity index is 458. The quantitative estimate of drug-likeness (QED) is 0.593. The van der Waals surface area contributed by atoms with Crippen LogP contribution in [0.5, 0.6) is 5.75 Å². The Morgan fingerprint density at radius 2 is 1.53 bits per heavy atom. The van der Waals surface area contributed by atoms with Gasteiger partial charge >= 0.3 is 0 Å². The van der Waals surface area contributed by atoms with Crippen LogP contribution in [0.2, 0.25) is 0 Å². The van der Waals surface area contributed by atoms with E-state index in [9.17, 15) is 4.79 Å². The number of carbonyl (C=O) groups excluding carboxylic acids is 1. The number of aliphatic imine (C=N–C) groups is 1. The highest BCUT2D eigenvalue weighted by Crippen LogP contribution is 2.17. The van der Waals surface area contributed by atoms with Crippen LogP contribution in [0.15, 0.2) is 53.6 Å². The lowest BCUT2D eigenvalue weighted by Crippen LogP contribution is -1.98. The molecule has 1 aliphatic carbocycles. The fourth-order valence-electron chi connectivity index (χ4n) is 1.20. The zero-order valence-electron chi connectivity index (χ0n) is 8.88. The van der Waals surface area contributed by atoms with Crippen molar-refractivity contribution in [1.29, 1.82) is 0 Å². The van der Waals surface area contributed by atoms with Crippen LogP contribution in [0, 0.1) is 0 Å². The largest absolute Gasteiger partial charge is 0.508 e. The number of phenolic OH excluding ortho intramolecular Hbond substituents is 1. The molecule has 0 atom stereocenters. The van der Waals surface area contributed by atoms with Crippen LogP contribution < -0.4 is 5.25 Å². The van der Waals surface area contributed by atoms with Crippen LogP contribution in [-0.4, -0.2) is 16.6 Å². The van der Waals surface area contributed by atoms with Gasteiger partial charge < -0.3 is 5.11 Å². The summed E-state index contributed by atoms with van der Waals surface area (Å²) in [5.74, 6) is 0.184. The smallest absolute Gasteiger partial charge is 0.178 e. The molecule has 0 aliphatic heterocycles. The van der Waals surface area contributed by atoms with Gasteiger partial charge in [-0.05, 0) is 60.3 Å². The molecular formula is C12H11ClN2O2. The second-order valence-corrected chi connectivity index (χ2v) is 3.12. The number of allylic oxidation sites excluding steroid dienone is 4. The Kier molecular flexibility index (Phi) is 5.13. The third-order valence-corrected chi connectivity index (χ3v) is 1.94. The highest BCUT2D eigenvalue weighted by atomic mass is 35.5. The maximum absolute atomic E-state index is 10.8. The number of halogens is 1. The van der Waals surface area contributed by atoms with Crippen molar-refractivity contribution < 1.29 is 9.90 Å². The summed E-state index contributed by atoms with van der Waals surface area (Å²) < 4.78 is 0. The Morgan fingerprint density at radius 1 is 1.00 bits per heavy atom. The van der Waals surface area contributed by atoms with E-state index in [0.717, 1.165) is 11.4 Å². The van der Waals surface area contributed by atoms with Gasteiger partial charge in [0.1, 0.15) is 5.75 Å². The summed E-state index contributed by atoms with van der Waals surface area (Å²) in [6.07, 6.45) is 6.27. The third kappa shape index (κ3) is 4.22. The first kappa shape index (κ1) is 13.2. The molecule has 0 saturated carbocycles. The monoisotopic (exact) mass is 250 g/mol. The third-order valence-electron chi connectivity index (χ3n) is 1.94. The molecule has 17 heavy (non-hydrogen) atoms. The summed E-state index contributed by atoms with van der Waals surface area (Å²) in [5, 5.41) is 13.0. The summed E-state index contributed by atoms with van der Waals surface area (Å²) >= 11 is 4.14. The lowest BCUT2D eigenvalue weighted by atomic mass is 10.1. The van der Waals surface area contributed by atoms with E-state index >= 15 is 0 Å². The lowest BCUT2D eigenvalue weighted by molar-refractivity contribution is -0.110. The molecule has 5 heteroatoms. The molecule has 0 unspecified atom stereocenters. The fraction of sp³-hybridized carbons (Fsp3) is 0. The van der Waals surface area contributed by atoms with Gasteiger partial charge in [-0.1, -0.05) is 0 Å². The van der Waals surface area contributed by atoms with E-state index in [-0.39, 0.29) is 11.5 Å². The Balaban J connectivity index is 0.000000686. The Labute approximate surface area is 104 Å². The number of nitrogens with two attached hydrogens (primary N) is 1. The minimum absolute atomic E-state index is 0.0281. The van der Waals surface area contributed by atoms with Crippen LogP contribution in [0.25, 0.3) is 0 Å². The number of nitrogens with zero attached hydrogens (tertiary/aromatic N) is 1. The van der Waals surface area contributed by atoms with Crippen LogP contribution in [-0.2, 0) is 4.79 Å². The average Bonchev–Trinajstić information content (AvgIpc) is 2.37. The number of benzene rings is 1. The van der Waals surface area contributed by atoms with Crippen molar-refractivity contribution in [2.75, 3.05) is 0 Å². The summed E-state index contributed by atoms with van der Waals surface area (Å²) in [6, 6.07) is 6.56. The highest BCUT2D eigenvalue weighted by Gasteiger charge is 1.99. The molecule has 0 heterocycles. The molecule has 0 bridgehead atoms. The molecule has 0 aromatic heterocycles. The fourth-order valence-corrected chi connectivity index (χ4v) is 1.20. The maximum Gasteiger partial charge on any atom is 0.178 e. The molecule has 0 radical (unpaired) electrons. The molecule has 3 N–H and O–H groups in total. The van der Waals surface area contributed by atoms with Gasteiger partial charge in [0.2, 0.25) is 0 Å². The number of phenols is 1. The number of ketones is 1. The first-order chi connectivity index (χ1) is 8.24. The molecule has 1 aromatic carbocycles. The predicted octanol–water partition coefficient (Wildman–Crippen LogP) is 2.26. The molecule has 2 rings (SSSR count). The second kappa shape index (κ2) is 6.62. The van der Waals surface area contributed by atoms with Gasteiger partial charge in [0, 0.05) is 0 Å². The Hall–Kier alpha value is -1.91. The van der Waals surface area contributed by atoms with Gasteiger partial charge in [-0.3, -0.25) is 4.79 Å². The van der Waals surface area contributed by atoms with E-state index < -0.39 is 0 Å². The van der Waals surface area contributed by atoms with Crippen molar-refractivity contribution in [3.8, 4) is 5.75 Å². The average molecular weight is 251 g/mol. The number of hydrogen-bond acceptors (Lipinski definition) is 4. The van der Waals surface area contributed by atoms with Crippen molar-refractivity contribution in [3.05, 3.63) is 48.6 Å². The van der Waals surface area contributed by atoms with E-state index in [1.807, 2.05) is 0 Å². The molecule has 0 saturated heterocycles. The van der Waals surface area contributed by atoms with Crippen LogP contribution in [0.1, 0.15) is 0 Å². The van der Waals surface area contributed by atoms with Crippen LogP contribution >= 0.6 is 11.8 Å². The molecular weight excluding hydrogens is 240 g/mol. The highest BCUT2D eigenvalue weighted by molar-refractivity contribution is 6.17. The Morgan fingerprint density at radius 3 is 2.06 bits per heavy atom. The molecule has 1 aliphatic rings. The van der Waals surface area contributed by atoms with E-state index in [2.05, 4.69) is 22.0 Å². The molecule has 0 spiro atoms. The van der Waals surface area contributed by atoms with E-state index in [1.165, 1.54) is 12.2 Å². The molecule has 4 nitrogen and oxygen atoms in total. The van der Waals surface area contributed by atoms with Gasteiger partial charge in [-0.15, -0.1) is 0 Å². The van der Waals surface area contributed by atoms with Crippen molar-refractivity contribution in [2.45, 2.75) is 0 Å². The van der Waals surface area contributed by atoms with Gasteiger partial charge in [-0.2, -0.15) is 0 Å². The van der Waals surface area contributed by atoms with E-state index in [4.69, 9.17) is 5.11 Å². The van der Waals surface area contributed by atoms with Crippen molar-refractivity contribution in [1.82, 2.24) is 0 Å². The zero-order valence-corrected chi connectivity index (χ0v) is 9.63. The molecule has 0 amide bonds. The topological polar surface area (TPSA) is 75.7 Å². The summed E-state index contributed by atoms with van der Waals surface area (Å²) in [4.78, 5) is 15.1. The molecule has 0 fully saturated rings. The number of carbonyl (C=O) groups is 1. The van der Waals surface area contributed by atoms with Gasteiger partial charge in [-0.25, -0.2) is 10.2 Å². The van der Waals surface area contributed by atoms with Gasteiger partial charge in [0.25, 0.3) is 0 Å². The summed E-state index contributed by atoms with van der Waals surface area (Å²) in [7, 11) is 0. The summed E-state index contributed by atoms with van der Waals surface area (Å²) in [5.41, 5.74) is 1.46. The lowest BCUT2D eigenvalue weighted by Gasteiger charge is -1.99. The molecule has 88 valence electrons. The van der Waals surface area contributed by atoms with E-state index in [1.54, 1.807) is 36.4 Å². The van der Waals surface area contributed by atoms with Crippen molar-refractivity contribution in [2.24, 2.45) is 10.2 Å². The minimum atomic E-state index is -0.0281. The first-order valence-corrected chi connectivity index (χ1v) is 5.17. The first-order valence-electron chi connectivity index (χ1n) is 4.74. The van der Waals surface area contributed by atoms with Crippen molar-refractivity contribution in [3.63, 3.8) is 0 Å². The maximum atomic E-state index is 10.8. The zero-order chi connectivity index (χ0) is 12.7. The van der Waals surface area contributed by atoms with Gasteiger partial charge in [0.15, 0.2) is 5.78 Å². The number of hydrogen-bond donors (Lipinski definition) is 2. The summed E-state index contributed by atoms with van der Waals surface area (Å²) in [6.45, 7) is 0. The number of rotatable bonds is 1. The van der Waals surface area contributed by atoms with Crippen LogP contribution in [0.4, 0.5) is 5.69 Å². The van der Waals surface area contributed by atoms with Crippen molar-refractivity contribution >= 4 is 29.0 Å². The van der Waals surface area contributed by atoms with Crippen LogP contribution in [0.3, 0.4) is 0 Å². The standard InChI is InChI=1S/C12H9NO2.ClH2N/c14-11-5-1-9(2-6-11)13-10-3-7-12(15)8-4-10;1-2/h1-8,14H;2H2. The number of aromatic hydroxyl groups is 1. The molecule has 1 aromatic rings. The van der Waals surface area contributed by atoms with E-state index in [0.29, 0.717) is 0 Å².